The van der Waals surface area contributed by atoms with Crippen LogP contribution in [-0.4, -0.2) is 59.7 Å². The van der Waals surface area contributed by atoms with Crippen LogP contribution in [0.5, 0.6) is 0 Å². The number of nitrogens with zero attached hydrogens (tertiary/aromatic N) is 3. The van der Waals surface area contributed by atoms with Crippen molar-refractivity contribution in [3.05, 3.63) is 36.0 Å². The predicted molar refractivity (Wildman–Crippen MR) is 84.9 cm³/mol. The van der Waals surface area contributed by atoms with Gasteiger partial charge in [-0.05, 0) is 12.1 Å². The van der Waals surface area contributed by atoms with Crippen LogP contribution in [0, 0.1) is 0 Å². The van der Waals surface area contributed by atoms with Gasteiger partial charge in [0, 0.05) is 0 Å². The number of nitrogens with two attached hydrogens (primary N) is 1. The molecule has 1 saturated heterocycles. The molecule has 0 saturated carbocycles. The standard InChI is InChI=1S/C15H18N6O3/c16-14(23)13-15(17-12(22)10-20-6-8-24-9-7-20)19-21(18-13)11-4-2-1-3-5-11/h1-5H,6-10H2,(H2,16,23)(H,17,19,22)/p+1. The molecule has 24 heavy (non-hydrogen) atoms. The average molecular weight is 331 g/mol. The van der Waals surface area contributed by atoms with E-state index in [9.17, 15) is 9.59 Å². The van der Waals surface area contributed by atoms with E-state index in [1.165, 1.54) is 4.80 Å². The highest BCUT2D eigenvalue weighted by atomic mass is 16.5. The number of anilines is 1. The van der Waals surface area contributed by atoms with Gasteiger partial charge in [0.05, 0.1) is 18.9 Å². The summed E-state index contributed by atoms with van der Waals surface area (Å²) < 4.78 is 5.26. The first kappa shape index (κ1) is 16.1. The number of rotatable bonds is 5. The number of carbonyl (C=O) groups excluding carboxylic acids is 2. The molecule has 2 amide bonds. The number of amides is 2. The van der Waals surface area contributed by atoms with Gasteiger partial charge in [-0.25, -0.2) is 0 Å². The van der Waals surface area contributed by atoms with E-state index in [4.69, 9.17) is 10.5 Å². The highest BCUT2D eigenvalue weighted by molar-refractivity contribution is 6.00. The SMILES string of the molecule is NC(=O)c1nn(-c2ccccc2)nc1NC(=O)C[NH+]1CCOCC1. The summed E-state index contributed by atoms with van der Waals surface area (Å²) in [6.45, 7) is 3.10. The van der Waals surface area contributed by atoms with Gasteiger partial charge in [-0.15, -0.1) is 15.0 Å². The van der Waals surface area contributed by atoms with Crippen LogP contribution in [0.2, 0.25) is 0 Å². The lowest BCUT2D eigenvalue weighted by atomic mass is 10.3. The van der Waals surface area contributed by atoms with Crippen LogP contribution in [0.3, 0.4) is 0 Å². The zero-order chi connectivity index (χ0) is 16.9. The second kappa shape index (κ2) is 7.20. The Hall–Kier alpha value is -2.78. The van der Waals surface area contributed by atoms with Gasteiger partial charge in [-0.1, -0.05) is 18.2 Å². The molecule has 0 spiro atoms. The van der Waals surface area contributed by atoms with Crippen molar-refractivity contribution in [1.82, 2.24) is 15.0 Å². The van der Waals surface area contributed by atoms with Gasteiger partial charge >= 0.3 is 0 Å². The maximum atomic E-state index is 12.2. The highest BCUT2D eigenvalue weighted by Crippen LogP contribution is 2.12. The molecule has 126 valence electrons. The average Bonchev–Trinajstić information content (AvgIpc) is 3.00. The number of aromatic nitrogens is 3. The first-order valence-electron chi connectivity index (χ1n) is 7.67. The fourth-order valence-electron chi connectivity index (χ4n) is 2.47. The molecule has 0 bridgehead atoms. The van der Waals surface area contributed by atoms with Crippen molar-refractivity contribution >= 4 is 17.6 Å². The lowest BCUT2D eigenvalue weighted by molar-refractivity contribution is -0.899. The Bertz CT molecular complexity index is 724. The van der Waals surface area contributed by atoms with Gasteiger partial charge in [0.15, 0.2) is 18.1 Å². The molecular weight excluding hydrogens is 312 g/mol. The van der Waals surface area contributed by atoms with Gasteiger partial charge in [0.1, 0.15) is 13.1 Å². The summed E-state index contributed by atoms with van der Waals surface area (Å²) in [6, 6.07) is 9.07. The lowest BCUT2D eigenvalue weighted by Crippen LogP contribution is -3.15. The maximum Gasteiger partial charge on any atom is 0.280 e. The molecular formula is C15H19N6O3+. The number of nitrogens with one attached hydrogen (secondary N) is 2. The molecule has 0 radical (unpaired) electrons. The van der Waals surface area contributed by atoms with Crippen molar-refractivity contribution in [1.29, 1.82) is 0 Å². The third-order valence-electron chi connectivity index (χ3n) is 3.70. The van der Waals surface area contributed by atoms with Crippen LogP contribution >= 0.6 is 0 Å². The third-order valence-corrected chi connectivity index (χ3v) is 3.70. The summed E-state index contributed by atoms with van der Waals surface area (Å²) >= 11 is 0. The van der Waals surface area contributed by atoms with Crippen molar-refractivity contribution in [2.75, 3.05) is 38.2 Å². The van der Waals surface area contributed by atoms with Crippen LogP contribution in [0.4, 0.5) is 5.82 Å². The summed E-state index contributed by atoms with van der Waals surface area (Å²) in [5.74, 6) is -0.912. The van der Waals surface area contributed by atoms with E-state index < -0.39 is 5.91 Å². The molecule has 3 rings (SSSR count). The van der Waals surface area contributed by atoms with Crippen LogP contribution in [0.15, 0.2) is 30.3 Å². The number of quaternary nitrogens is 1. The van der Waals surface area contributed by atoms with E-state index >= 15 is 0 Å². The smallest absolute Gasteiger partial charge is 0.280 e. The fourth-order valence-corrected chi connectivity index (χ4v) is 2.47. The summed E-state index contributed by atoms with van der Waals surface area (Å²) in [6.07, 6.45) is 0. The first-order valence-corrected chi connectivity index (χ1v) is 7.67. The minimum absolute atomic E-state index is 0.0656. The van der Waals surface area contributed by atoms with Crippen molar-refractivity contribution in [3.8, 4) is 5.69 Å². The largest absolute Gasteiger partial charge is 0.370 e. The number of carbonyl (C=O) groups is 2. The number of benzene rings is 1. The molecule has 1 fully saturated rings. The summed E-state index contributed by atoms with van der Waals surface area (Å²) in [4.78, 5) is 26.2. The van der Waals surface area contributed by atoms with E-state index in [0.29, 0.717) is 18.9 Å². The van der Waals surface area contributed by atoms with Gasteiger partial charge in [0.2, 0.25) is 0 Å². The van der Waals surface area contributed by atoms with E-state index in [0.717, 1.165) is 18.0 Å². The normalized spacial score (nSPS) is 15.2. The van der Waals surface area contributed by atoms with E-state index in [-0.39, 0.29) is 24.0 Å². The zero-order valence-corrected chi connectivity index (χ0v) is 13.1. The molecule has 0 atom stereocenters. The van der Waals surface area contributed by atoms with Crippen molar-refractivity contribution < 1.29 is 19.2 Å². The molecule has 4 N–H and O–H groups in total. The Morgan fingerprint density at radius 1 is 1.21 bits per heavy atom. The van der Waals surface area contributed by atoms with Crippen molar-refractivity contribution in [3.63, 3.8) is 0 Å². The van der Waals surface area contributed by atoms with Crippen LogP contribution in [0.1, 0.15) is 10.5 Å². The third kappa shape index (κ3) is 3.76. The minimum atomic E-state index is -0.744. The van der Waals surface area contributed by atoms with Crippen LogP contribution < -0.4 is 16.0 Å². The lowest BCUT2D eigenvalue weighted by Gasteiger charge is -2.22. The molecule has 2 aromatic rings. The predicted octanol–water partition coefficient (Wildman–Crippen LogP) is -1.78. The van der Waals surface area contributed by atoms with Gasteiger partial charge < -0.3 is 20.7 Å². The number of ether oxygens (including phenoxy) is 1. The Balaban J connectivity index is 1.75. The molecule has 9 heteroatoms. The van der Waals surface area contributed by atoms with E-state index in [1.807, 2.05) is 18.2 Å². The van der Waals surface area contributed by atoms with Gasteiger partial charge in [0.25, 0.3) is 11.8 Å². The summed E-state index contributed by atoms with van der Waals surface area (Å²) in [5, 5.41) is 10.9. The first-order chi connectivity index (χ1) is 11.6. The van der Waals surface area contributed by atoms with Gasteiger partial charge in [-0.2, -0.15) is 0 Å². The Morgan fingerprint density at radius 3 is 2.58 bits per heavy atom. The minimum Gasteiger partial charge on any atom is -0.370 e. The topological polar surface area (TPSA) is 117 Å². The molecule has 1 aromatic heterocycles. The number of hydrogen-bond acceptors (Lipinski definition) is 5. The monoisotopic (exact) mass is 331 g/mol. The molecule has 0 unspecified atom stereocenters. The molecule has 9 nitrogen and oxygen atoms in total. The number of para-hydroxylation sites is 1. The zero-order valence-electron chi connectivity index (χ0n) is 13.1. The Kier molecular flexibility index (Phi) is 4.82. The highest BCUT2D eigenvalue weighted by Gasteiger charge is 2.22. The fraction of sp³-hybridized carbons (Fsp3) is 0.333. The van der Waals surface area contributed by atoms with Crippen LogP contribution in [0.25, 0.3) is 5.69 Å². The van der Waals surface area contributed by atoms with E-state index in [1.54, 1.807) is 12.1 Å². The second-order valence-corrected chi connectivity index (χ2v) is 5.47. The van der Waals surface area contributed by atoms with E-state index in [2.05, 4.69) is 15.5 Å². The number of hydrogen-bond donors (Lipinski definition) is 3. The molecule has 2 heterocycles. The number of primary amides is 1. The van der Waals surface area contributed by atoms with Crippen molar-refractivity contribution in [2.45, 2.75) is 0 Å². The summed E-state index contributed by atoms with van der Waals surface area (Å²) in [5.41, 5.74) is 5.94. The Labute approximate surface area is 138 Å². The summed E-state index contributed by atoms with van der Waals surface area (Å²) in [7, 11) is 0. The quantitative estimate of drug-likeness (QED) is 0.599. The van der Waals surface area contributed by atoms with Crippen LogP contribution in [-0.2, 0) is 9.53 Å². The molecule has 1 aromatic carbocycles. The molecule has 0 aliphatic carbocycles. The van der Waals surface area contributed by atoms with Crippen molar-refractivity contribution in [2.24, 2.45) is 5.73 Å². The number of morpholine rings is 1. The maximum absolute atomic E-state index is 12.2. The van der Waals surface area contributed by atoms with Gasteiger partial charge in [-0.3, -0.25) is 9.59 Å². The molecule has 1 aliphatic rings. The molecule has 1 aliphatic heterocycles. The Morgan fingerprint density at radius 2 is 1.92 bits per heavy atom. The second-order valence-electron chi connectivity index (χ2n) is 5.47.